The van der Waals surface area contributed by atoms with Gasteiger partial charge in [-0.25, -0.2) is 4.98 Å². The van der Waals surface area contributed by atoms with Crippen LogP contribution in [0.5, 0.6) is 0 Å². The minimum atomic E-state index is -0.535. The number of aliphatic hydroxyl groups is 1. The van der Waals surface area contributed by atoms with E-state index < -0.39 is 6.10 Å². The molecule has 108 valence electrons. The van der Waals surface area contributed by atoms with Crippen molar-refractivity contribution in [3.63, 3.8) is 0 Å². The molecule has 0 radical (unpaired) electrons. The summed E-state index contributed by atoms with van der Waals surface area (Å²) in [6, 6.07) is 17.9. The van der Waals surface area contributed by atoms with E-state index in [0.717, 1.165) is 28.8 Å². The lowest BCUT2D eigenvalue weighted by Gasteiger charge is -2.21. The fourth-order valence-corrected chi connectivity index (χ4v) is 2.93. The quantitative estimate of drug-likeness (QED) is 0.789. The summed E-state index contributed by atoms with van der Waals surface area (Å²) < 4.78 is 2.09. The van der Waals surface area contributed by atoms with Gasteiger partial charge in [-0.2, -0.15) is 0 Å². The van der Waals surface area contributed by atoms with Gasteiger partial charge in [-0.05, 0) is 24.1 Å². The summed E-state index contributed by atoms with van der Waals surface area (Å²) in [5.41, 5.74) is 3.02. The van der Waals surface area contributed by atoms with Gasteiger partial charge in [-0.3, -0.25) is 0 Å². The Morgan fingerprint density at radius 2 is 1.71 bits per heavy atom. The number of rotatable bonds is 4. The van der Waals surface area contributed by atoms with E-state index in [9.17, 15) is 5.11 Å². The number of aliphatic hydroxyl groups excluding tert-OH is 1. The Balaban J connectivity index is 2.04. The van der Waals surface area contributed by atoms with E-state index in [1.165, 1.54) is 0 Å². The normalized spacial score (nSPS) is 14.2. The molecule has 0 unspecified atom stereocenters. The van der Waals surface area contributed by atoms with Crippen molar-refractivity contribution < 1.29 is 5.11 Å². The third-order valence-corrected chi connectivity index (χ3v) is 4.12. The Labute approximate surface area is 124 Å². The first kappa shape index (κ1) is 13.8. The summed E-state index contributed by atoms with van der Waals surface area (Å²) in [6.07, 6.45) is 0.305. The fourth-order valence-electron chi connectivity index (χ4n) is 2.93. The molecule has 21 heavy (non-hydrogen) atoms. The zero-order valence-electron chi connectivity index (χ0n) is 12.4. The second-order valence-electron chi connectivity index (χ2n) is 5.39. The Morgan fingerprint density at radius 3 is 2.38 bits per heavy atom. The van der Waals surface area contributed by atoms with Crippen molar-refractivity contribution in [1.82, 2.24) is 9.55 Å². The van der Waals surface area contributed by atoms with Crippen LogP contribution in [0.2, 0.25) is 0 Å². The number of para-hydroxylation sites is 2. The van der Waals surface area contributed by atoms with Gasteiger partial charge in [0.15, 0.2) is 0 Å². The van der Waals surface area contributed by atoms with Crippen molar-refractivity contribution >= 4 is 11.0 Å². The second kappa shape index (κ2) is 5.70. The maximum absolute atomic E-state index is 10.7. The molecule has 0 fully saturated rings. The summed E-state index contributed by atoms with van der Waals surface area (Å²) in [6.45, 7) is 2.09. The number of aryl methyl sites for hydroxylation is 1. The van der Waals surface area contributed by atoms with E-state index in [-0.39, 0.29) is 5.92 Å². The highest BCUT2D eigenvalue weighted by Gasteiger charge is 2.25. The minimum Gasteiger partial charge on any atom is -0.388 e. The van der Waals surface area contributed by atoms with E-state index in [1.54, 1.807) is 0 Å². The largest absolute Gasteiger partial charge is 0.388 e. The topological polar surface area (TPSA) is 38.0 Å². The minimum absolute atomic E-state index is 0.00944. The molecule has 0 spiro atoms. The van der Waals surface area contributed by atoms with Crippen LogP contribution in [0, 0.1) is 0 Å². The second-order valence-corrected chi connectivity index (χ2v) is 5.39. The van der Waals surface area contributed by atoms with Gasteiger partial charge in [-0.15, -0.1) is 0 Å². The average molecular weight is 280 g/mol. The van der Waals surface area contributed by atoms with Gasteiger partial charge < -0.3 is 9.67 Å². The highest BCUT2D eigenvalue weighted by molar-refractivity contribution is 5.75. The lowest BCUT2D eigenvalue weighted by atomic mass is 9.92. The molecule has 0 aliphatic heterocycles. The average Bonchev–Trinajstić information content (AvgIpc) is 2.86. The molecule has 3 aromatic rings. The standard InChI is InChI=1S/C18H20N2O/c1-3-14(17(21)13-9-5-4-6-10-13)18-19-15-11-7-8-12-16(15)20(18)2/h4-12,14,17,21H,3H2,1-2H3/t14-,17+/m0/s1. The molecule has 3 nitrogen and oxygen atoms in total. The highest BCUT2D eigenvalue weighted by atomic mass is 16.3. The van der Waals surface area contributed by atoms with E-state index in [2.05, 4.69) is 17.6 Å². The van der Waals surface area contributed by atoms with E-state index in [4.69, 9.17) is 4.98 Å². The van der Waals surface area contributed by atoms with Gasteiger partial charge in [0.1, 0.15) is 5.82 Å². The molecular formula is C18H20N2O. The predicted octanol–water partition coefficient (Wildman–Crippen LogP) is 3.80. The van der Waals surface area contributed by atoms with Crippen molar-refractivity contribution in [3.05, 3.63) is 66.0 Å². The number of hydrogen-bond donors (Lipinski definition) is 1. The van der Waals surface area contributed by atoms with Crippen LogP contribution in [0.15, 0.2) is 54.6 Å². The summed E-state index contributed by atoms with van der Waals surface area (Å²) in [5.74, 6) is 0.930. The SMILES string of the molecule is CC[C@H](c1nc2ccccc2n1C)[C@H](O)c1ccccc1. The van der Waals surface area contributed by atoms with E-state index >= 15 is 0 Å². The maximum Gasteiger partial charge on any atom is 0.115 e. The summed E-state index contributed by atoms with van der Waals surface area (Å²) in [7, 11) is 2.02. The van der Waals surface area contributed by atoms with Crippen LogP contribution in [0.3, 0.4) is 0 Å². The Hall–Kier alpha value is -2.13. The summed E-state index contributed by atoms with van der Waals surface area (Å²) >= 11 is 0. The molecule has 2 aromatic carbocycles. The van der Waals surface area contributed by atoms with Crippen LogP contribution in [0.1, 0.15) is 36.8 Å². The Morgan fingerprint density at radius 1 is 1.05 bits per heavy atom. The first-order valence-electron chi connectivity index (χ1n) is 7.36. The van der Waals surface area contributed by atoms with E-state index in [1.807, 2.05) is 55.6 Å². The van der Waals surface area contributed by atoms with Gasteiger partial charge in [-0.1, -0.05) is 49.4 Å². The molecule has 3 rings (SSSR count). The van der Waals surface area contributed by atoms with Gasteiger partial charge in [0.05, 0.1) is 17.1 Å². The molecule has 0 bridgehead atoms. The zero-order valence-corrected chi connectivity index (χ0v) is 12.4. The third-order valence-electron chi connectivity index (χ3n) is 4.12. The molecule has 0 amide bonds. The van der Waals surface area contributed by atoms with Crippen LogP contribution >= 0.6 is 0 Å². The molecule has 0 aliphatic rings. The molecule has 0 saturated carbocycles. The number of imidazole rings is 1. The third kappa shape index (κ3) is 2.45. The molecule has 1 aromatic heterocycles. The van der Waals surface area contributed by atoms with E-state index in [0.29, 0.717) is 0 Å². The van der Waals surface area contributed by atoms with Crippen LogP contribution in [0.4, 0.5) is 0 Å². The van der Waals surface area contributed by atoms with Crippen LogP contribution < -0.4 is 0 Å². The highest BCUT2D eigenvalue weighted by Crippen LogP contribution is 2.34. The lowest BCUT2D eigenvalue weighted by molar-refractivity contribution is 0.137. The first-order valence-corrected chi connectivity index (χ1v) is 7.36. The number of nitrogens with zero attached hydrogens (tertiary/aromatic N) is 2. The summed E-state index contributed by atoms with van der Waals surface area (Å²) in [5, 5.41) is 10.7. The monoisotopic (exact) mass is 280 g/mol. The molecule has 3 heteroatoms. The van der Waals surface area contributed by atoms with Gasteiger partial charge in [0, 0.05) is 13.0 Å². The summed E-state index contributed by atoms with van der Waals surface area (Å²) in [4.78, 5) is 4.73. The number of benzene rings is 2. The molecule has 0 saturated heterocycles. The number of aromatic nitrogens is 2. The van der Waals surface area contributed by atoms with Crippen molar-refractivity contribution in [2.24, 2.45) is 7.05 Å². The number of hydrogen-bond acceptors (Lipinski definition) is 2. The molecule has 2 atom stereocenters. The zero-order chi connectivity index (χ0) is 14.8. The van der Waals surface area contributed by atoms with Gasteiger partial charge in [0.25, 0.3) is 0 Å². The molecule has 0 aliphatic carbocycles. The molecular weight excluding hydrogens is 260 g/mol. The van der Waals surface area contributed by atoms with Crippen molar-refractivity contribution in [2.75, 3.05) is 0 Å². The van der Waals surface area contributed by atoms with Crippen molar-refractivity contribution in [1.29, 1.82) is 0 Å². The van der Waals surface area contributed by atoms with Crippen molar-refractivity contribution in [2.45, 2.75) is 25.4 Å². The van der Waals surface area contributed by atoms with Crippen LogP contribution in [-0.4, -0.2) is 14.7 Å². The molecule has 1 N–H and O–H groups in total. The van der Waals surface area contributed by atoms with Crippen molar-refractivity contribution in [3.8, 4) is 0 Å². The number of fused-ring (bicyclic) bond motifs is 1. The first-order chi connectivity index (χ1) is 10.2. The smallest absolute Gasteiger partial charge is 0.115 e. The lowest BCUT2D eigenvalue weighted by Crippen LogP contribution is -2.14. The van der Waals surface area contributed by atoms with Crippen LogP contribution in [-0.2, 0) is 7.05 Å². The Kier molecular flexibility index (Phi) is 3.76. The van der Waals surface area contributed by atoms with Gasteiger partial charge >= 0.3 is 0 Å². The maximum atomic E-state index is 10.7. The fraction of sp³-hybridized carbons (Fsp3) is 0.278. The van der Waals surface area contributed by atoms with Crippen LogP contribution in [0.25, 0.3) is 11.0 Å². The van der Waals surface area contributed by atoms with Gasteiger partial charge in [0.2, 0.25) is 0 Å². The predicted molar refractivity (Wildman–Crippen MR) is 85.1 cm³/mol. The molecule has 1 heterocycles. The Bertz CT molecular complexity index is 733.